The highest BCUT2D eigenvalue weighted by atomic mass is 16.5. The van der Waals surface area contributed by atoms with E-state index in [0.29, 0.717) is 73.2 Å². The van der Waals surface area contributed by atoms with Gasteiger partial charge in [0.2, 0.25) is 5.91 Å². The lowest BCUT2D eigenvalue weighted by Crippen LogP contribution is -2.23. The van der Waals surface area contributed by atoms with Crippen molar-refractivity contribution in [3.63, 3.8) is 0 Å². The van der Waals surface area contributed by atoms with Gasteiger partial charge in [-0.2, -0.15) is 0 Å². The molecule has 1 N–H and O–H groups in total. The standard InChI is InChI=1S/C28H33NO7/c1-5-34-27(31)10-7-15-35-23-9-6-8-21-18-24(36-28(21)23)19(2)16-26(30)29-14-13-20-11-12-22(32-3)25(17-20)33-4/h6,8-9,11-12,16-18H,5,7,10,13-15H2,1-4H3,(H,29,30)/b19-16-. The summed E-state index contributed by atoms with van der Waals surface area (Å²) in [6.07, 6.45) is 3.02. The Hall–Kier alpha value is -3.94. The number of hydrogen-bond acceptors (Lipinski definition) is 7. The van der Waals surface area contributed by atoms with Gasteiger partial charge in [0.15, 0.2) is 22.8 Å². The molecular formula is C28H33NO7. The third-order valence-electron chi connectivity index (χ3n) is 5.49. The summed E-state index contributed by atoms with van der Waals surface area (Å²) in [5, 5.41) is 3.77. The minimum Gasteiger partial charge on any atom is -0.493 e. The minimum atomic E-state index is -0.234. The lowest BCUT2D eigenvalue weighted by Gasteiger charge is -2.09. The maximum Gasteiger partial charge on any atom is 0.305 e. The maximum absolute atomic E-state index is 12.5. The molecule has 8 heteroatoms. The van der Waals surface area contributed by atoms with Crippen LogP contribution in [-0.2, 0) is 20.7 Å². The SMILES string of the molecule is CCOC(=O)CCCOc1cccc2cc(/C(C)=C\C(=O)NCCc3ccc(OC)c(OC)c3)oc12. The summed E-state index contributed by atoms with van der Waals surface area (Å²) in [6, 6.07) is 13.2. The summed E-state index contributed by atoms with van der Waals surface area (Å²) in [4.78, 5) is 23.9. The summed E-state index contributed by atoms with van der Waals surface area (Å²) < 4.78 is 27.3. The predicted molar refractivity (Wildman–Crippen MR) is 137 cm³/mol. The van der Waals surface area contributed by atoms with Crippen LogP contribution in [0.15, 0.2) is 53.0 Å². The average Bonchev–Trinajstić information content (AvgIpc) is 3.32. The van der Waals surface area contributed by atoms with Gasteiger partial charge >= 0.3 is 5.97 Å². The van der Waals surface area contributed by atoms with Crippen LogP contribution in [0.5, 0.6) is 17.2 Å². The average molecular weight is 496 g/mol. The number of methoxy groups -OCH3 is 2. The van der Waals surface area contributed by atoms with E-state index < -0.39 is 0 Å². The second-order valence-electron chi connectivity index (χ2n) is 8.10. The molecule has 1 aromatic heterocycles. The molecule has 0 aliphatic rings. The highest BCUT2D eigenvalue weighted by molar-refractivity contribution is 5.95. The van der Waals surface area contributed by atoms with E-state index in [1.807, 2.05) is 49.4 Å². The molecule has 0 bridgehead atoms. The van der Waals surface area contributed by atoms with E-state index in [4.69, 9.17) is 23.4 Å². The number of fused-ring (bicyclic) bond motifs is 1. The summed E-state index contributed by atoms with van der Waals surface area (Å²) >= 11 is 0. The molecule has 0 radical (unpaired) electrons. The predicted octanol–water partition coefficient (Wildman–Crippen LogP) is 4.93. The van der Waals surface area contributed by atoms with Crippen molar-refractivity contribution in [2.24, 2.45) is 0 Å². The zero-order valence-electron chi connectivity index (χ0n) is 21.2. The Bertz CT molecular complexity index is 1210. The molecule has 0 aliphatic carbocycles. The Kier molecular flexibility index (Phi) is 9.80. The number of para-hydroxylation sites is 1. The largest absolute Gasteiger partial charge is 0.493 e. The van der Waals surface area contributed by atoms with Gasteiger partial charge in [0, 0.05) is 24.4 Å². The second-order valence-corrected chi connectivity index (χ2v) is 8.10. The first-order valence-corrected chi connectivity index (χ1v) is 11.9. The van der Waals surface area contributed by atoms with E-state index in [1.165, 1.54) is 6.08 Å². The Morgan fingerprint density at radius 2 is 1.83 bits per heavy atom. The van der Waals surface area contributed by atoms with Crippen LogP contribution in [0.4, 0.5) is 0 Å². The summed E-state index contributed by atoms with van der Waals surface area (Å²) in [6.45, 7) is 4.82. The highest BCUT2D eigenvalue weighted by Crippen LogP contribution is 2.31. The number of carbonyl (C=O) groups is 2. The first kappa shape index (κ1) is 26.7. The lowest BCUT2D eigenvalue weighted by atomic mass is 10.1. The molecule has 0 spiro atoms. The van der Waals surface area contributed by atoms with E-state index in [1.54, 1.807) is 21.1 Å². The van der Waals surface area contributed by atoms with Gasteiger partial charge in [0.25, 0.3) is 0 Å². The molecule has 192 valence electrons. The number of hydrogen-bond donors (Lipinski definition) is 1. The number of esters is 1. The van der Waals surface area contributed by atoms with E-state index >= 15 is 0 Å². The molecule has 1 heterocycles. The van der Waals surface area contributed by atoms with Gasteiger partial charge in [-0.15, -0.1) is 0 Å². The summed E-state index contributed by atoms with van der Waals surface area (Å²) in [5.41, 5.74) is 2.33. The molecule has 36 heavy (non-hydrogen) atoms. The van der Waals surface area contributed by atoms with Crippen molar-refractivity contribution in [1.82, 2.24) is 5.32 Å². The molecule has 2 aromatic carbocycles. The number of rotatable bonds is 13. The van der Waals surface area contributed by atoms with Crippen molar-refractivity contribution in [3.8, 4) is 17.2 Å². The first-order chi connectivity index (χ1) is 17.4. The van der Waals surface area contributed by atoms with Gasteiger partial charge in [-0.05, 0) is 62.1 Å². The molecule has 3 aromatic rings. The van der Waals surface area contributed by atoms with Crippen molar-refractivity contribution >= 4 is 28.4 Å². The van der Waals surface area contributed by atoms with Crippen LogP contribution in [0.1, 0.15) is 38.0 Å². The summed E-state index contributed by atoms with van der Waals surface area (Å²) in [5.74, 6) is 2.06. The normalized spacial score (nSPS) is 11.3. The molecule has 3 rings (SSSR count). The zero-order chi connectivity index (χ0) is 25.9. The molecule has 0 atom stereocenters. The van der Waals surface area contributed by atoms with Crippen molar-refractivity contribution in [1.29, 1.82) is 0 Å². The van der Waals surface area contributed by atoms with Gasteiger partial charge < -0.3 is 28.7 Å². The van der Waals surface area contributed by atoms with Crippen LogP contribution in [-0.4, -0.2) is 45.9 Å². The zero-order valence-corrected chi connectivity index (χ0v) is 21.2. The molecule has 0 saturated heterocycles. The number of benzene rings is 2. The second kappa shape index (κ2) is 13.2. The number of furan rings is 1. The number of nitrogens with one attached hydrogen (secondary N) is 1. The Morgan fingerprint density at radius 1 is 1.03 bits per heavy atom. The topological polar surface area (TPSA) is 96.2 Å². The summed E-state index contributed by atoms with van der Waals surface area (Å²) in [7, 11) is 3.19. The van der Waals surface area contributed by atoms with E-state index in [2.05, 4.69) is 5.32 Å². The van der Waals surface area contributed by atoms with Gasteiger partial charge in [0.05, 0.1) is 27.4 Å². The van der Waals surface area contributed by atoms with Crippen LogP contribution in [0.2, 0.25) is 0 Å². The fourth-order valence-electron chi connectivity index (χ4n) is 3.66. The number of allylic oxidation sites excluding steroid dienone is 1. The number of amides is 1. The molecule has 0 fully saturated rings. The van der Waals surface area contributed by atoms with Gasteiger partial charge in [-0.3, -0.25) is 9.59 Å². The van der Waals surface area contributed by atoms with E-state index in [9.17, 15) is 9.59 Å². The van der Waals surface area contributed by atoms with Crippen molar-refractivity contribution in [2.45, 2.75) is 33.1 Å². The number of carbonyl (C=O) groups excluding carboxylic acids is 2. The van der Waals surface area contributed by atoms with Gasteiger partial charge in [-0.25, -0.2) is 0 Å². The monoisotopic (exact) mass is 495 g/mol. The van der Waals surface area contributed by atoms with Crippen LogP contribution >= 0.6 is 0 Å². The third-order valence-corrected chi connectivity index (χ3v) is 5.49. The van der Waals surface area contributed by atoms with Gasteiger partial charge in [-0.1, -0.05) is 18.2 Å². The number of ether oxygens (including phenoxy) is 4. The first-order valence-electron chi connectivity index (χ1n) is 11.9. The quantitative estimate of drug-likeness (QED) is 0.204. The Labute approximate surface area is 211 Å². The fraction of sp³-hybridized carbons (Fsp3) is 0.357. The van der Waals surface area contributed by atoms with E-state index in [-0.39, 0.29) is 11.9 Å². The van der Waals surface area contributed by atoms with Crippen molar-refractivity contribution < 1.29 is 33.0 Å². The van der Waals surface area contributed by atoms with Crippen LogP contribution in [0, 0.1) is 0 Å². The third kappa shape index (κ3) is 7.28. The van der Waals surface area contributed by atoms with Crippen LogP contribution in [0.3, 0.4) is 0 Å². The van der Waals surface area contributed by atoms with Crippen LogP contribution in [0.25, 0.3) is 16.5 Å². The molecule has 0 saturated carbocycles. The molecule has 8 nitrogen and oxygen atoms in total. The highest BCUT2D eigenvalue weighted by Gasteiger charge is 2.12. The Balaban J connectivity index is 1.56. The lowest BCUT2D eigenvalue weighted by molar-refractivity contribution is -0.143. The smallest absolute Gasteiger partial charge is 0.305 e. The van der Waals surface area contributed by atoms with Gasteiger partial charge in [0.1, 0.15) is 5.76 Å². The van der Waals surface area contributed by atoms with Crippen molar-refractivity contribution in [3.05, 3.63) is 59.9 Å². The van der Waals surface area contributed by atoms with Crippen molar-refractivity contribution in [2.75, 3.05) is 34.0 Å². The molecule has 0 unspecified atom stereocenters. The van der Waals surface area contributed by atoms with Crippen LogP contribution < -0.4 is 19.5 Å². The minimum absolute atomic E-state index is 0.205. The maximum atomic E-state index is 12.5. The molecular weight excluding hydrogens is 462 g/mol. The fourth-order valence-corrected chi connectivity index (χ4v) is 3.66. The molecule has 1 amide bonds. The Morgan fingerprint density at radius 3 is 2.58 bits per heavy atom. The molecule has 0 aliphatic heterocycles. The van der Waals surface area contributed by atoms with E-state index in [0.717, 1.165) is 10.9 Å².